The summed E-state index contributed by atoms with van der Waals surface area (Å²) in [4.78, 5) is 2.34. The molecule has 0 saturated carbocycles. The first-order valence-corrected chi connectivity index (χ1v) is 7.52. The van der Waals surface area contributed by atoms with Gasteiger partial charge in [0.05, 0.1) is 25.5 Å². The van der Waals surface area contributed by atoms with Gasteiger partial charge in [0, 0.05) is 25.7 Å². The van der Waals surface area contributed by atoms with Gasteiger partial charge in [0.2, 0.25) is 0 Å². The minimum Gasteiger partial charge on any atom is -0.492 e. The topological polar surface area (TPSA) is 33.7 Å². The predicted molar refractivity (Wildman–Crippen MR) is 82.6 cm³/mol. The molecule has 20 heavy (non-hydrogen) atoms. The van der Waals surface area contributed by atoms with Crippen LogP contribution in [0.2, 0.25) is 0 Å². The highest BCUT2D eigenvalue weighted by atomic mass is 16.5. The molecule has 1 heterocycles. The zero-order valence-corrected chi connectivity index (χ0v) is 12.8. The van der Waals surface area contributed by atoms with E-state index in [1.807, 2.05) is 6.92 Å². The molecule has 1 aliphatic rings. The maximum absolute atomic E-state index is 5.83. The van der Waals surface area contributed by atoms with Crippen molar-refractivity contribution in [3.8, 4) is 5.75 Å². The van der Waals surface area contributed by atoms with Crippen LogP contribution in [0.4, 0.5) is 5.69 Å². The molecule has 0 unspecified atom stereocenters. The Hall–Kier alpha value is -1.26. The Kier molecular flexibility index (Phi) is 5.68. The van der Waals surface area contributed by atoms with Crippen LogP contribution in [0, 0.1) is 0 Å². The molecule has 0 atom stereocenters. The molecular weight excluding hydrogens is 252 g/mol. The van der Waals surface area contributed by atoms with Crippen molar-refractivity contribution in [1.82, 2.24) is 5.32 Å². The second-order valence-corrected chi connectivity index (χ2v) is 5.37. The van der Waals surface area contributed by atoms with Gasteiger partial charge < -0.3 is 19.7 Å². The van der Waals surface area contributed by atoms with E-state index in [1.165, 1.54) is 11.3 Å². The molecule has 1 aromatic rings. The van der Waals surface area contributed by atoms with Gasteiger partial charge in [0.1, 0.15) is 5.75 Å². The molecule has 1 N–H and O–H groups in total. The first-order valence-electron chi connectivity index (χ1n) is 7.52. The molecule has 1 aliphatic heterocycles. The minimum absolute atomic E-state index is 0.490. The second kappa shape index (κ2) is 7.50. The van der Waals surface area contributed by atoms with Crippen molar-refractivity contribution < 1.29 is 9.47 Å². The molecule has 0 bridgehead atoms. The number of morpholine rings is 1. The Morgan fingerprint density at radius 1 is 1.30 bits per heavy atom. The second-order valence-electron chi connectivity index (χ2n) is 5.37. The SMILES string of the molecule is CCOc1cc(CNC(C)C)ccc1N1CCOCC1. The van der Waals surface area contributed by atoms with E-state index in [0.29, 0.717) is 12.6 Å². The van der Waals surface area contributed by atoms with Crippen LogP contribution >= 0.6 is 0 Å². The number of hydrogen-bond donors (Lipinski definition) is 1. The predicted octanol–water partition coefficient (Wildman–Crippen LogP) is 2.42. The largest absolute Gasteiger partial charge is 0.492 e. The molecule has 0 spiro atoms. The lowest BCUT2D eigenvalue weighted by Gasteiger charge is -2.30. The highest BCUT2D eigenvalue weighted by Gasteiger charge is 2.16. The van der Waals surface area contributed by atoms with Crippen LogP contribution in [0.1, 0.15) is 26.3 Å². The summed E-state index contributed by atoms with van der Waals surface area (Å²) in [6, 6.07) is 7.00. The average molecular weight is 278 g/mol. The van der Waals surface area contributed by atoms with Crippen molar-refractivity contribution in [3.63, 3.8) is 0 Å². The monoisotopic (exact) mass is 278 g/mol. The smallest absolute Gasteiger partial charge is 0.142 e. The number of nitrogens with one attached hydrogen (secondary N) is 1. The van der Waals surface area contributed by atoms with Crippen molar-refractivity contribution in [3.05, 3.63) is 23.8 Å². The third-order valence-corrected chi connectivity index (χ3v) is 3.39. The first kappa shape index (κ1) is 15.1. The number of hydrogen-bond acceptors (Lipinski definition) is 4. The van der Waals surface area contributed by atoms with Crippen molar-refractivity contribution in [2.45, 2.75) is 33.4 Å². The highest BCUT2D eigenvalue weighted by Crippen LogP contribution is 2.30. The zero-order valence-electron chi connectivity index (χ0n) is 12.8. The van der Waals surface area contributed by atoms with E-state index < -0.39 is 0 Å². The molecule has 2 rings (SSSR count). The standard InChI is InChI=1S/C16H26N2O2/c1-4-20-16-11-14(12-17-13(2)3)5-6-15(16)18-7-9-19-10-8-18/h5-6,11,13,17H,4,7-10,12H2,1-3H3. The van der Waals surface area contributed by atoms with Crippen molar-refractivity contribution >= 4 is 5.69 Å². The fourth-order valence-corrected chi connectivity index (χ4v) is 2.33. The van der Waals surface area contributed by atoms with Crippen LogP contribution in [0.25, 0.3) is 0 Å². The van der Waals surface area contributed by atoms with Gasteiger partial charge in [0.25, 0.3) is 0 Å². The van der Waals surface area contributed by atoms with Crippen molar-refractivity contribution in [1.29, 1.82) is 0 Å². The number of rotatable bonds is 6. The quantitative estimate of drug-likeness (QED) is 0.866. The lowest BCUT2D eigenvalue weighted by molar-refractivity contribution is 0.122. The summed E-state index contributed by atoms with van der Waals surface area (Å²) in [7, 11) is 0. The number of ether oxygens (including phenoxy) is 2. The Balaban J connectivity index is 2.13. The van der Waals surface area contributed by atoms with E-state index in [9.17, 15) is 0 Å². The maximum Gasteiger partial charge on any atom is 0.142 e. The first-order chi connectivity index (χ1) is 9.70. The molecule has 1 saturated heterocycles. The van der Waals surface area contributed by atoms with Gasteiger partial charge in [-0.3, -0.25) is 0 Å². The third-order valence-electron chi connectivity index (χ3n) is 3.39. The summed E-state index contributed by atoms with van der Waals surface area (Å²) in [5.41, 5.74) is 2.45. The van der Waals surface area contributed by atoms with Gasteiger partial charge in [-0.05, 0) is 24.6 Å². The van der Waals surface area contributed by atoms with Gasteiger partial charge in [0.15, 0.2) is 0 Å². The van der Waals surface area contributed by atoms with Gasteiger partial charge in [-0.15, -0.1) is 0 Å². The van der Waals surface area contributed by atoms with E-state index in [0.717, 1.165) is 38.6 Å². The van der Waals surface area contributed by atoms with Crippen LogP contribution in [-0.2, 0) is 11.3 Å². The summed E-state index contributed by atoms with van der Waals surface area (Å²) in [5, 5.41) is 3.44. The van der Waals surface area contributed by atoms with E-state index in [4.69, 9.17) is 9.47 Å². The Morgan fingerprint density at radius 3 is 2.70 bits per heavy atom. The van der Waals surface area contributed by atoms with Crippen LogP contribution in [0.5, 0.6) is 5.75 Å². The van der Waals surface area contributed by atoms with Crippen LogP contribution in [0.3, 0.4) is 0 Å². The Labute approximate surface area is 122 Å². The molecule has 1 aromatic carbocycles. The Bertz CT molecular complexity index is 415. The Morgan fingerprint density at radius 2 is 2.05 bits per heavy atom. The molecule has 4 nitrogen and oxygen atoms in total. The molecule has 4 heteroatoms. The van der Waals surface area contributed by atoms with E-state index in [1.54, 1.807) is 0 Å². The molecule has 112 valence electrons. The van der Waals surface area contributed by atoms with Crippen LogP contribution in [0.15, 0.2) is 18.2 Å². The lowest BCUT2D eigenvalue weighted by atomic mass is 10.1. The van der Waals surface area contributed by atoms with Gasteiger partial charge >= 0.3 is 0 Å². The van der Waals surface area contributed by atoms with Crippen molar-refractivity contribution in [2.75, 3.05) is 37.8 Å². The zero-order chi connectivity index (χ0) is 14.4. The molecule has 0 aromatic heterocycles. The molecule has 0 radical (unpaired) electrons. The highest BCUT2D eigenvalue weighted by molar-refractivity contribution is 5.60. The summed E-state index contributed by atoms with van der Waals surface area (Å²) < 4.78 is 11.2. The summed E-state index contributed by atoms with van der Waals surface area (Å²) in [5.74, 6) is 0.984. The van der Waals surface area contributed by atoms with Crippen LogP contribution < -0.4 is 15.0 Å². The summed E-state index contributed by atoms with van der Waals surface area (Å²) in [6.45, 7) is 11.4. The van der Waals surface area contributed by atoms with Crippen molar-refractivity contribution in [2.24, 2.45) is 0 Å². The van der Waals surface area contributed by atoms with E-state index in [2.05, 4.69) is 42.3 Å². The molecule has 0 amide bonds. The van der Waals surface area contributed by atoms with E-state index in [-0.39, 0.29) is 0 Å². The normalized spacial score (nSPS) is 15.7. The fourth-order valence-electron chi connectivity index (χ4n) is 2.33. The molecule has 1 fully saturated rings. The number of nitrogens with zero attached hydrogens (tertiary/aromatic N) is 1. The third kappa shape index (κ3) is 4.12. The molecular formula is C16H26N2O2. The fraction of sp³-hybridized carbons (Fsp3) is 0.625. The van der Waals surface area contributed by atoms with Gasteiger partial charge in [-0.1, -0.05) is 19.9 Å². The summed E-state index contributed by atoms with van der Waals surface area (Å²) in [6.07, 6.45) is 0. The molecule has 0 aliphatic carbocycles. The lowest BCUT2D eigenvalue weighted by Crippen LogP contribution is -2.36. The van der Waals surface area contributed by atoms with Gasteiger partial charge in [-0.25, -0.2) is 0 Å². The average Bonchev–Trinajstić information content (AvgIpc) is 2.46. The number of anilines is 1. The summed E-state index contributed by atoms with van der Waals surface area (Å²) >= 11 is 0. The van der Waals surface area contributed by atoms with Gasteiger partial charge in [-0.2, -0.15) is 0 Å². The minimum atomic E-state index is 0.490. The number of benzene rings is 1. The van der Waals surface area contributed by atoms with Crippen LogP contribution in [-0.4, -0.2) is 39.0 Å². The maximum atomic E-state index is 5.83. The van der Waals surface area contributed by atoms with E-state index >= 15 is 0 Å².